The third-order valence-electron chi connectivity index (χ3n) is 1.28. The SMILES string of the molecule is CC(C)(C)C(=O)OCC(Cl)(Cl)Cl.CO[P+](=O)OC. The van der Waals surface area contributed by atoms with Crippen molar-refractivity contribution in [2.75, 3.05) is 20.8 Å². The summed E-state index contributed by atoms with van der Waals surface area (Å²) in [7, 11) is 0.817. The highest BCUT2D eigenvalue weighted by molar-refractivity contribution is 7.33. The van der Waals surface area contributed by atoms with Gasteiger partial charge in [-0.15, -0.1) is 9.05 Å². The number of alkyl halides is 3. The van der Waals surface area contributed by atoms with Gasteiger partial charge in [0.05, 0.1) is 19.6 Å². The average Bonchev–Trinajstić information content (AvgIpc) is 2.23. The lowest BCUT2D eigenvalue weighted by atomic mass is 9.97. The van der Waals surface area contributed by atoms with Gasteiger partial charge >= 0.3 is 14.2 Å². The zero-order chi connectivity index (χ0) is 15.0. The molecule has 0 amide bonds. The third kappa shape index (κ3) is 14.4. The Labute approximate surface area is 123 Å². The molecule has 0 rings (SSSR count). The molecule has 0 fully saturated rings. The quantitative estimate of drug-likeness (QED) is 0.442. The van der Waals surface area contributed by atoms with E-state index in [0.717, 1.165) is 0 Å². The maximum atomic E-state index is 11.1. The van der Waals surface area contributed by atoms with E-state index in [-0.39, 0.29) is 12.6 Å². The predicted octanol–water partition coefficient (Wildman–Crippen LogP) is 3.88. The second-order valence-corrected chi connectivity index (χ2v) is 7.72. The zero-order valence-corrected chi connectivity index (χ0v) is 14.0. The van der Waals surface area contributed by atoms with Crippen molar-refractivity contribution in [3.8, 4) is 0 Å². The van der Waals surface area contributed by atoms with Gasteiger partial charge in [0.2, 0.25) is 3.79 Å². The molecule has 0 N–H and O–H groups in total. The van der Waals surface area contributed by atoms with Crippen LogP contribution in [0, 0.1) is 5.41 Å². The third-order valence-corrected chi connectivity index (χ3v) is 2.20. The van der Waals surface area contributed by atoms with Crippen molar-refractivity contribution < 1.29 is 23.1 Å². The molecule has 0 unspecified atom stereocenters. The molecule has 0 aliphatic carbocycles. The largest absolute Gasteiger partial charge is 0.696 e. The number of carbonyl (C=O) groups excluding carboxylic acids is 1. The number of hydrogen-bond donors (Lipinski definition) is 0. The maximum Gasteiger partial charge on any atom is 0.696 e. The molecule has 0 heterocycles. The normalized spacial score (nSPS) is 11.3. The van der Waals surface area contributed by atoms with Crippen LogP contribution in [0.5, 0.6) is 0 Å². The molecule has 0 radical (unpaired) electrons. The van der Waals surface area contributed by atoms with Crippen molar-refractivity contribution in [1.82, 2.24) is 0 Å². The molecule has 0 atom stereocenters. The summed E-state index contributed by atoms with van der Waals surface area (Å²) in [5.41, 5.74) is -0.560. The van der Waals surface area contributed by atoms with Crippen LogP contribution >= 0.6 is 43.1 Å². The predicted molar refractivity (Wildman–Crippen MR) is 72.3 cm³/mol. The fraction of sp³-hybridized carbons (Fsp3) is 0.889. The monoisotopic (exact) mass is 341 g/mol. The van der Waals surface area contributed by atoms with Crippen LogP contribution in [-0.2, 0) is 23.1 Å². The van der Waals surface area contributed by atoms with E-state index in [2.05, 4.69) is 9.05 Å². The summed E-state index contributed by atoms with van der Waals surface area (Å²) < 4.78 is 21.5. The molecule has 0 aliphatic rings. The highest BCUT2D eigenvalue weighted by Gasteiger charge is 2.27. The number of esters is 1. The first-order valence-corrected chi connectivity index (χ1v) is 6.96. The van der Waals surface area contributed by atoms with E-state index >= 15 is 0 Å². The summed E-state index contributed by atoms with van der Waals surface area (Å²) in [4.78, 5) is 11.1. The molecule has 0 aliphatic heterocycles. The number of halogens is 3. The first-order valence-electron chi connectivity index (χ1n) is 4.73. The zero-order valence-electron chi connectivity index (χ0n) is 10.8. The van der Waals surface area contributed by atoms with Crippen LogP contribution in [0.4, 0.5) is 0 Å². The van der Waals surface area contributed by atoms with Gasteiger partial charge in [-0.05, 0) is 20.8 Å². The van der Waals surface area contributed by atoms with Gasteiger partial charge in [0.1, 0.15) is 6.61 Å². The summed E-state index contributed by atoms with van der Waals surface area (Å²) >= 11 is 16.1. The van der Waals surface area contributed by atoms with Crippen LogP contribution in [0.15, 0.2) is 0 Å². The Bertz CT molecular complexity index is 266. The highest BCUT2D eigenvalue weighted by atomic mass is 35.6. The summed E-state index contributed by atoms with van der Waals surface area (Å²) in [5.74, 6) is -0.381. The molecule has 0 saturated carbocycles. The Morgan fingerprint density at radius 1 is 1.11 bits per heavy atom. The van der Waals surface area contributed by atoms with Crippen LogP contribution in [0.1, 0.15) is 20.8 Å². The van der Waals surface area contributed by atoms with Gasteiger partial charge in [0.25, 0.3) is 0 Å². The minimum Gasteiger partial charge on any atom is -0.461 e. The summed E-state index contributed by atoms with van der Waals surface area (Å²) in [6, 6.07) is 0. The highest BCUT2D eigenvalue weighted by Crippen LogP contribution is 2.27. The van der Waals surface area contributed by atoms with E-state index in [1.165, 1.54) is 14.2 Å². The topological polar surface area (TPSA) is 61.8 Å². The second kappa shape index (κ2) is 9.29. The minimum atomic E-state index is -1.83. The fourth-order valence-electron chi connectivity index (χ4n) is 0.438. The van der Waals surface area contributed by atoms with E-state index in [4.69, 9.17) is 39.5 Å². The molecule has 0 spiro atoms. The van der Waals surface area contributed by atoms with Crippen molar-refractivity contribution in [3.05, 3.63) is 0 Å². The molecule has 5 nitrogen and oxygen atoms in total. The fourth-order valence-corrected chi connectivity index (χ4v) is 0.751. The van der Waals surface area contributed by atoms with E-state index in [1.807, 2.05) is 0 Å². The lowest BCUT2D eigenvalue weighted by Gasteiger charge is -2.18. The van der Waals surface area contributed by atoms with Crippen molar-refractivity contribution >= 4 is 49.0 Å². The molecule has 9 heteroatoms. The van der Waals surface area contributed by atoms with Crippen LogP contribution in [-0.4, -0.2) is 30.6 Å². The Hall–Kier alpha value is 0.360. The van der Waals surface area contributed by atoms with Crippen LogP contribution in [0.2, 0.25) is 0 Å². The van der Waals surface area contributed by atoms with Gasteiger partial charge in [0, 0.05) is 4.57 Å². The number of hydrogen-bond acceptors (Lipinski definition) is 5. The van der Waals surface area contributed by atoms with E-state index in [9.17, 15) is 9.36 Å². The lowest BCUT2D eigenvalue weighted by molar-refractivity contribution is -0.152. The van der Waals surface area contributed by atoms with E-state index in [0.29, 0.717) is 0 Å². The Morgan fingerprint density at radius 3 is 1.67 bits per heavy atom. The molecule has 0 aromatic carbocycles. The maximum absolute atomic E-state index is 11.1. The van der Waals surface area contributed by atoms with E-state index in [1.54, 1.807) is 20.8 Å². The Kier molecular flexibility index (Phi) is 10.7. The molecule has 0 saturated heterocycles. The lowest BCUT2D eigenvalue weighted by Crippen LogP contribution is -2.26. The molecule has 0 bridgehead atoms. The summed E-state index contributed by atoms with van der Waals surface area (Å²) in [6.07, 6.45) is 0. The van der Waals surface area contributed by atoms with Gasteiger partial charge in [-0.1, -0.05) is 34.8 Å². The van der Waals surface area contributed by atoms with Crippen LogP contribution in [0.3, 0.4) is 0 Å². The second-order valence-electron chi connectivity index (χ2n) is 4.03. The molecule has 0 aromatic rings. The van der Waals surface area contributed by atoms with Gasteiger partial charge < -0.3 is 4.74 Å². The molecule has 18 heavy (non-hydrogen) atoms. The van der Waals surface area contributed by atoms with Gasteiger partial charge in [-0.25, -0.2) is 0 Å². The molecular formula is C9H17Cl3O5P+. The van der Waals surface area contributed by atoms with E-state index < -0.39 is 17.5 Å². The first kappa shape index (κ1) is 20.7. The average molecular weight is 343 g/mol. The van der Waals surface area contributed by atoms with Gasteiger partial charge in [-0.2, -0.15) is 0 Å². The standard InChI is InChI=1S/C7H11Cl3O2.C2H6O3P/c1-6(2,3)5(11)12-4-7(8,9)10;1-4-6(3)5-2/h4H2,1-3H3;1-2H3/q;+1. The van der Waals surface area contributed by atoms with Crippen LogP contribution < -0.4 is 0 Å². The number of rotatable bonds is 3. The van der Waals surface area contributed by atoms with Crippen molar-refractivity contribution in [2.45, 2.75) is 24.6 Å². The van der Waals surface area contributed by atoms with Crippen molar-refractivity contribution in [2.24, 2.45) is 5.41 Å². The Balaban J connectivity index is 0. The molecule has 0 aromatic heterocycles. The number of carbonyl (C=O) groups is 1. The van der Waals surface area contributed by atoms with Gasteiger partial charge in [0.15, 0.2) is 0 Å². The van der Waals surface area contributed by atoms with Gasteiger partial charge in [-0.3, -0.25) is 4.79 Å². The van der Waals surface area contributed by atoms with Crippen molar-refractivity contribution in [3.63, 3.8) is 0 Å². The summed E-state index contributed by atoms with van der Waals surface area (Å²) in [5, 5.41) is 0. The molecule has 108 valence electrons. The minimum absolute atomic E-state index is 0.215. The van der Waals surface area contributed by atoms with Crippen molar-refractivity contribution in [1.29, 1.82) is 0 Å². The first-order chi connectivity index (χ1) is 7.94. The van der Waals surface area contributed by atoms with Crippen LogP contribution in [0.25, 0.3) is 0 Å². The smallest absolute Gasteiger partial charge is 0.461 e. The number of ether oxygens (including phenoxy) is 1. The summed E-state index contributed by atoms with van der Waals surface area (Å²) in [6.45, 7) is 4.98. The molecular weight excluding hydrogens is 325 g/mol. The Morgan fingerprint density at radius 2 is 1.50 bits per heavy atom.